The maximum Gasteiger partial charge on any atom is 0.269 e. The van der Waals surface area contributed by atoms with Crippen LogP contribution in [0.25, 0.3) is 0 Å². The van der Waals surface area contributed by atoms with Gasteiger partial charge in [-0.3, -0.25) is 14.9 Å². The summed E-state index contributed by atoms with van der Waals surface area (Å²) in [6, 6.07) is 13.3. The topological polar surface area (TPSA) is 93.8 Å². The Morgan fingerprint density at radius 1 is 1.16 bits per heavy atom. The van der Waals surface area contributed by atoms with Crippen LogP contribution in [0, 0.1) is 10.1 Å². The van der Waals surface area contributed by atoms with Crippen LogP contribution in [0.15, 0.2) is 53.6 Å². The average Bonchev–Trinajstić information content (AvgIpc) is 2.61. The lowest BCUT2D eigenvalue weighted by atomic mass is 10.1. The van der Waals surface area contributed by atoms with Crippen LogP contribution in [-0.4, -0.2) is 23.1 Å². The molecule has 0 aromatic heterocycles. The van der Waals surface area contributed by atoms with Gasteiger partial charge >= 0.3 is 0 Å². The lowest BCUT2D eigenvalue weighted by molar-refractivity contribution is -0.384. The molecule has 0 heterocycles. The maximum absolute atomic E-state index is 11.9. The van der Waals surface area contributed by atoms with E-state index >= 15 is 0 Å². The lowest BCUT2D eigenvalue weighted by Gasteiger charge is -2.05. The molecule has 0 fully saturated rings. The smallest absolute Gasteiger partial charge is 0.269 e. The van der Waals surface area contributed by atoms with Crippen molar-refractivity contribution in [3.05, 3.63) is 69.8 Å². The molecule has 0 aliphatic carbocycles. The van der Waals surface area contributed by atoms with Crippen LogP contribution in [0.5, 0.6) is 5.75 Å². The number of nitro groups is 1. The first-order chi connectivity index (χ1) is 12.0. The van der Waals surface area contributed by atoms with E-state index in [1.165, 1.54) is 12.1 Å². The molecule has 0 bridgehead atoms. The Morgan fingerprint density at radius 2 is 1.80 bits per heavy atom. The van der Waals surface area contributed by atoms with Crippen LogP contribution in [0.1, 0.15) is 25.0 Å². The Morgan fingerprint density at radius 3 is 2.36 bits per heavy atom. The zero-order valence-electron chi connectivity index (χ0n) is 14.1. The van der Waals surface area contributed by atoms with Crippen molar-refractivity contribution in [3.8, 4) is 5.75 Å². The minimum atomic E-state index is -0.478. The summed E-state index contributed by atoms with van der Waals surface area (Å²) in [5, 5.41) is 14.7. The van der Waals surface area contributed by atoms with E-state index in [4.69, 9.17) is 4.74 Å². The minimum Gasteiger partial charge on any atom is -0.494 e. The fourth-order valence-electron chi connectivity index (χ4n) is 2.13. The molecule has 25 heavy (non-hydrogen) atoms. The second kappa shape index (κ2) is 8.58. The van der Waals surface area contributed by atoms with E-state index < -0.39 is 4.92 Å². The molecule has 1 N–H and O–H groups in total. The van der Waals surface area contributed by atoms with Crippen LogP contribution in [-0.2, 0) is 11.2 Å². The molecule has 0 aliphatic heterocycles. The summed E-state index contributed by atoms with van der Waals surface area (Å²) in [6.45, 7) is 4.31. The molecule has 2 aromatic rings. The van der Waals surface area contributed by atoms with Gasteiger partial charge in [-0.2, -0.15) is 5.10 Å². The van der Waals surface area contributed by atoms with E-state index in [1.54, 1.807) is 19.1 Å². The molecule has 130 valence electrons. The number of amides is 1. The second-order valence-electron chi connectivity index (χ2n) is 5.29. The molecule has 0 saturated carbocycles. The zero-order chi connectivity index (χ0) is 18.2. The number of non-ortho nitro benzene ring substituents is 1. The van der Waals surface area contributed by atoms with Crippen LogP contribution < -0.4 is 10.2 Å². The SMILES string of the molecule is CCOc1ccc(C(C)=NNC(=O)Cc2ccc([N+](=O)[O-])cc2)cc1. The number of hydrogen-bond acceptors (Lipinski definition) is 5. The van der Waals surface area contributed by atoms with Gasteiger partial charge in [-0.25, -0.2) is 5.43 Å². The van der Waals surface area contributed by atoms with Crippen molar-refractivity contribution in [1.29, 1.82) is 0 Å². The van der Waals surface area contributed by atoms with Crippen molar-refractivity contribution < 1.29 is 14.5 Å². The third-order valence-electron chi connectivity index (χ3n) is 3.44. The molecule has 0 spiro atoms. The summed E-state index contributed by atoms with van der Waals surface area (Å²) in [6.07, 6.45) is 0.0953. The molecule has 0 radical (unpaired) electrons. The van der Waals surface area contributed by atoms with Gasteiger partial charge in [0.15, 0.2) is 0 Å². The molecule has 0 saturated heterocycles. The van der Waals surface area contributed by atoms with E-state index in [0.29, 0.717) is 17.9 Å². The van der Waals surface area contributed by atoms with Gasteiger partial charge in [0, 0.05) is 12.1 Å². The van der Waals surface area contributed by atoms with Gasteiger partial charge < -0.3 is 4.74 Å². The van der Waals surface area contributed by atoms with E-state index in [2.05, 4.69) is 10.5 Å². The molecular formula is C18H19N3O4. The van der Waals surface area contributed by atoms with Gasteiger partial charge in [-0.05, 0) is 49.2 Å². The number of carbonyl (C=O) groups is 1. The van der Waals surface area contributed by atoms with Crippen molar-refractivity contribution >= 4 is 17.3 Å². The monoisotopic (exact) mass is 341 g/mol. The molecule has 0 unspecified atom stereocenters. The molecular weight excluding hydrogens is 322 g/mol. The number of nitrogens with zero attached hydrogens (tertiary/aromatic N) is 2. The first-order valence-electron chi connectivity index (χ1n) is 7.79. The van der Waals surface area contributed by atoms with Gasteiger partial charge in [0.1, 0.15) is 5.75 Å². The highest BCUT2D eigenvalue weighted by Gasteiger charge is 2.07. The molecule has 7 nitrogen and oxygen atoms in total. The van der Waals surface area contributed by atoms with Gasteiger partial charge in [0.25, 0.3) is 5.69 Å². The Bertz CT molecular complexity index is 768. The minimum absolute atomic E-state index is 0.00600. The summed E-state index contributed by atoms with van der Waals surface area (Å²) < 4.78 is 5.38. The number of nitro benzene ring substituents is 1. The van der Waals surface area contributed by atoms with Crippen LogP contribution in [0.4, 0.5) is 5.69 Å². The standard InChI is InChI=1S/C18H19N3O4/c1-3-25-17-10-6-15(7-11-17)13(2)19-20-18(22)12-14-4-8-16(9-5-14)21(23)24/h4-11H,3,12H2,1-2H3,(H,20,22). The zero-order valence-corrected chi connectivity index (χ0v) is 14.1. The number of benzene rings is 2. The van der Waals surface area contributed by atoms with Crippen molar-refractivity contribution in [2.45, 2.75) is 20.3 Å². The fraction of sp³-hybridized carbons (Fsp3) is 0.222. The van der Waals surface area contributed by atoms with Gasteiger partial charge in [0.05, 0.1) is 23.7 Å². The first-order valence-corrected chi connectivity index (χ1v) is 7.79. The number of ether oxygens (including phenoxy) is 1. The predicted molar refractivity (Wildman–Crippen MR) is 94.8 cm³/mol. The summed E-state index contributed by atoms with van der Waals surface area (Å²) in [5.74, 6) is 0.486. The Kier molecular flexibility index (Phi) is 6.22. The number of hydrazone groups is 1. The lowest BCUT2D eigenvalue weighted by Crippen LogP contribution is -2.21. The molecule has 2 aromatic carbocycles. The van der Waals surface area contributed by atoms with Crippen molar-refractivity contribution in [2.24, 2.45) is 5.10 Å². The highest BCUT2D eigenvalue weighted by molar-refractivity contribution is 5.99. The van der Waals surface area contributed by atoms with Crippen LogP contribution >= 0.6 is 0 Å². The summed E-state index contributed by atoms with van der Waals surface area (Å²) in [5.41, 5.74) is 4.70. The van der Waals surface area contributed by atoms with Crippen LogP contribution in [0.3, 0.4) is 0 Å². The van der Waals surface area contributed by atoms with Crippen molar-refractivity contribution in [2.75, 3.05) is 6.61 Å². The predicted octanol–water partition coefficient (Wildman–Crippen LogP) is 3.08. The second-order valence-corrected chi connectivity index (χ2v) is 5.29. The number of carbonyl (C=O) groups excluding carboxylic acids is 1. The molecule has 2 rings (SSSR count). The first kappa shape index (κ1) is 18.1. The van der Waals surface area contributed by atoms with Gasteiger partial charge in [-0.1, -0.05) is 12.1 Å². The number of hydrogen-bond donors (Lipinski definition) is 1. The van der Waals surface area contributed by atoms with E-state index in [1.807, 2.05) is 31.2 Å². The number of nitrogens with one attached hydrogen (secondary N) is 1. The van der Waals surface area contributed by atoms with Crippen LogP contribution in [0.2, 0.25) is 0 Å². The highest BCUT2D eigenvalue weighted by atomic mass is 16.6. The maximum atomic E-state index is 11.9. The summed E-state index contributed by atoms with van der Waals surface area (Å²) in [7, 11) is 0. The molecule has 1 amide bonds. The quantitative estimate of drug-likeness (QED) is 0.476. The molecule has 0 aliphatic rings. The number of rotatable bonds is 7. The Hall–Kier alpha value is -3.22. The average molecular weight is 341 g/mol. The van der Waals surface area contributed by atoms with Gasteiger partial charge in [-0.15, -0.1) is 0 Å². The molecule has 7 heteroatoms. The fourth-order valence-corrected chi connectivity index (χ4v) is 2.13. The van der Waals surface area contributed by atoms with Crippen molar-refractivity contribution in [1.82, 2.24) is 5.43 Å². The third-order valence-corrected chi connectivity index (χ3v) is 3.44. The summed E-state index contributed by atoms with van der Waals surface area (Å²) >= 11 is 0. The van der Waals surface area contributed by atoms with Crippen molar-refractivity contribution in [3.63, 3.8) is 0 Å². The Balaban J connectivity index is 1.93. The normalized spacial score (nSPS) is 11.0. The summed E-state index contributed by atoms with van der Waals surface area (Å²) in [4.78, 5) is 22.1. The van der Waals surface area contributed by atoms with E-state index in [9.17, 15) is 14.9 Å². The molecule has 0 atom stereocenters. The highest BCUT2D eigenvalue weighted by Crippen LogP contribution is 2.13. The van der Waals surface area contributed by atoms with E-state index in [-0.39, 0.29) is 18.0 Å². The van der Waals surface area contributed by atoms with Gasteiger partial charge in [0.2, 0.25) is 5.91 Å². The van der Waals surface area contributed by atoms with E-state index in [0.717, 1.165) is 11.3 Å². The third kappa shape index (κ3) is 5.42. The largest absolute Gasteiger partial charge is 0.494 e. The Labute approximate surface area is 145 Å².